The molecular formula is C30H25FN4O. The zero-order valence-electron chi connectivity index (χ0n) is 19.7. The molecule has 0 atom stereocenters. The lowest BCUT2D eigenvalue weighted by Crippen LogP contribution is -2.05. The largest absolute Gasteiger partial charge is 0.363 e. The van der Waals surface area contributed by atoms with E-state index in [1.54, 1.807) is 12.1 Å². The van der Waals surface area contributed by atoms with Crippen molar-refractivity contribution in [3.8, 4) is 22.5 Å². The molecular weight excluding hydrogens is 451 g/mol. The number of carbonyl (C=O) groups is 1. The molecule has 1 fully saturated rings. The van der Waals surface area contributed by atoms with Crippen molar-refractivity contribution < 1.29 is 9.18 Å². The van der Waals surface area contributed by atoms with Crippen LogP contribution in [0, 0.1) is 11.7 Å². The molecule has 36 heavy (non-hydrogen) atoms. The summed E-state index contributed by atoms with van der Waals surface area (Å²) in [7, 11) is 0. The van der Waals surface area contributed by atoms with E-state index in [1.165, 1.54) is 25.0 Å². The number of halogens is 1. The molecule has 6 rings (SSSR count). The molecule has 1 saturated carbocycles. The number of rotatable bonds is 8. The Hall–Kier alpha value is -4.32. The lowest BCUT2D eigenvalue weighted by molar-refractivity contribution is 0.0976. The van der Waals surface area contributed by atoms with Gasteiger partial charge in [0.1, 0.15) is 5.82 Å². The quantitative estimate of drug-likeness (QED) is 0.250. The number of benzene rings is 3. The maximum Gasteiger partial charge on any atom is 0.180 e. The molecule has 5 nitrogen and oxygen atoms in total. The summed E-state index contributed by atoms with van der Waals surface area (Å²) in [5.41, 5.74) is 6.08. The van der Waals surface area contributed by atoms with Gasteiger partial charge in [0, 0.05) is 35.9 Å². The van der Waals surface area contributed by atoms with Crippen molar-refractivity contribution in [3.05, 3.63) is 108 Å². The van der Waals surface area contributed by atoms with Gasteiger partial charge in [-0.3, -0.25) is 9.20 Å². The molecule has 0 bridgehead atoms. The summed E-state index contributed by atoms with van der Waals surface area (Å²) in [6.07, 6.45) is 6.80. The number of nitrogens with zero attached hydrogens (tertiary/aromatic N) is 3. The van der Waals surface area contributed by atoms with Crippen molar-refractivity contribution in [3.63, 3.8) is 0 Å². The van der Waals surface area contributed by atoms with Gasteiger partial charge in [0.05, 0.1) is 17.6 Å². The zero-order valence-corrected chi connectivity index (χ0v) is 19.7. The van der Waals surface area contributed by atoms with Gasteiger partial charge in [-0.1, -0.05) is 66.7 Å². The smallest absolute Gasteiger partial charge is 0.180 e. The first kappa shape index (κ1) is 22.2. The molecule has 0 saturated heterocycles. The van der Waals surface area contributed by atoms with Gasteiger partial charge in [-0.05, 0) is 36.5 Å². The highest BCUT2D eigenvalue weighted by Crippen LogP contribution is 2.34. The predicted molar refractivity (Wildman–Crippen MR) is 139 cm³/mol. The Kier molecular flexibility index (Phi) is 5.77. The van der Waals surface area contributed by atoms with Crippen molar-refractivity contribution in [1.82, 2.24) is 14.4 Å². The zero-order chi connectivity index (χ0) is 24.5. The first-order valence-corrected chi connectivity index (χ1v) is 12.2. The molecule has 0 radical (unpaired) electrons. The van der Waals surface area contributed by atoms with E-state index in [9.17, 15) is 9.18 Å². The number of ketones is 1. The van der Waals surface area contributed by atoms with Crippen LogP contribution < -0.4 is 5.32 Å². The number of nitrogens with one attached hydrogen (secondary N) is 1. The van der Waals surface area contributed by atoms with E-state index >= 15 is 0 Å². The van der Waals surface area contributed by atoms with E-state index in [2.05, 4.69) is 10.3 Å². The topological polar surface area (TPSA) is 59.3 Å². The Balaban J connectivity index is 1.37. The Morgan fingerprint density at radius 3 is 2.42 bits per heavy atom. The lowest BCUT2D eigenvalue weighted by Gasteiger charge is -2.12. The van der Waals surface area contributed by atoms with Crippen LogP contribution in [0.3, 0.4) is 0 Å². The summed E-state index contributed by atoms with van der Waals surface area (Å²) in [6.45, 7) is 0.487. The average molecular weight is 477 g/mol. The monoisotopic (exact) mass is 476 g/mol. The van der Waals surface area contributed by atoms with E-state index in [0.29, 0.717) is 30.3 Å². The number of anilines is 1. The summed E-state index contributed by atoms with van der Waals surface area (Å²) >= 11 is 0. The maximum atomic E-state index is 13.3. The summed E-state index contributed by atoms with van der Waals surface area (Å²) in [4.78, 5) is 22.0. The van der Waals surface area contributed by atoms with Crippen LogP contribution in [0.4, 0.5) is 10.2 Å². The lowest BCUT2D eigenvalue weighted by atomic mass is 10.0. The van der Waals surface area contributed by atoms with E-state index < -0.39 is 0 Å². The molecule has 2 aromatic heterocycles. The van der Waals surface area contributed by atoms with Crippen molar-refractivity contribution >= 4 is 17.2 Å². The summed E-state index contributed by atoms with van der Waals surface area (Å²) in [6, 6.07) is 24.2. The summed E-state index contributed by atoms with van der Waals surface area (Å²) in [5, 5.41) is 3.38. The first-order chi connectivity index (χ1) is 17.6. The average Bonchev–Trinajstić information content (AvgIpc) is 3.63. The van der Waals surface area contributed by atoms with Crippen LogP contribution in [-0.4, -0.2) is 20.2 Å². The predicted octanol–water partition coefficient (Wildman–Crippen LogP) is 6.80. The van der Waals surface area contributed by atoms with E-state index in [4.69, 9.17) is 4.98 Å². The fourth-order valence-electron chi connectivity index (χ4n) is 4.39. The second kappa shape index (κ2) is 9.38. The fourth-order valence-corrected chi connectivity index (χ4v) is 4.39. The van der Waals surface area contributed by atoms with Crippen LogP contribution >= 0.6 is 0 Å². The number of imidazole rings is 1. The van der Waals surface area contributed by atoms with Gasteiger partial charge in [0.15, 0.2) is 17.2 Å². The second-order valence-electron chi connectivity index (χ2n) is 9.31. The van der Waals surface area contributed by atoms with Crippen LogP contribution in [0.25, 0.3) is 28.2 Å². The molecule has 1 aliphatic carbocycles. The van der Waals surface area contributed by atoms with E-state index in [0.717, 1.165) is 33.6 Å². The van der Waals surface area contributed by atoms with Crippen molar-refractivity contribution in [2.24, 2.45) is 5.92 Å². The highest BCUT2D eigenvalue weighted by molar-refractivity contribution is 5.96. The minimum absolute atomic E-state index is 0.213. The number of aromatic nitrogens is 3. The Bertz CT molecular complexity index is 1520. The molecule has 5 aromatic rings. The van der Waals surface area contributed by atoms with Gasteiger partial charge < -0.3 is 5.32 Å². The van der Waals surface area contributed by atoms with Crippen LogP contribution in [0.2, 0.25) is 0 Å². The van der Waals surface area contributed by atoms with Gasteiger partial charge in [0.2, 0.25) is 0 Å². The third-order valence-corrected chi connectivity index (χ3v) is 6.61. The molecule has 1 N–H and O–H groups in total. The fraction of sp³-hybridized carbons (Fsp3) is 0.167. The third-order valence-electron chi connectivity index (χ3n) is 6.61. The molecule has 0 amide bonds. The molecule has 0 aliphatic heterocycles. The standard InChI is InChI=1S/C30H25FN4O/c31-25-14-8-21(9-15-25)17-32-29-30-33-18-27(35(30)19-26(34-29)22-4-2-1-3-5-22)23-10-12-24(13-11-23)28(36)16-20-6-7-20/h1-5,8-15,18-20H,6-7,16-17H2,(H,32,34). The molecule has 178 valence electrons. The molecule has 2 heterocycles. The first-order valence-electron chi connectivity index (χ1n) is 12.2. The SMILES string of the molecule is O=C(CC1CC1)c1ccc(-c2cnc3c(NCc4ccc(F)cc4)nc(-c4ccccc4)cn23)cc1. The highest BCUT2D eigenvalue weighted by atomic mass is 19.1. The van der Waals surface area contributed by atoms with E-state index in [1.807, 2.05) is 71.4 Å². The third kappa shape index (κ3) is 4.62. The molecule has 1 aliphatic rings. The van der Waals surface area contributed by atoms with Gasteiger partial charge in [-0.2, -0.15) is 0 Å². The normalized spacial score (nSPS) is 13.1. The molecule has 0 spiro atoms. The number of fused-ring (bicyclic) bond motifs is 1. The van der Waals surface area contributed by atoms with E-state index in [-0.39, 0.29) is 11.6 Å². The van der Waals surface area contributed by atoms with Crippen molar-refractivity contribution in [2.45, 2.75) is 25.8 Å². The minimum atomic E-state index is -0.261. The molecule has 0 unspecified atom stereocenters. The molecule has 3 aromatic carbocycles. The number of Topliss-reactive ketones (excluding diaryl/α,β-unsaturated/α-hetero) is 1. The minimum Gasteiger partial charge on any atom is -0.363 e. The number of hydrogen-bond acceptors (Lipinski definition) is 4. The summed E-state index contributed by atoms with van der Waals surface area (Å²) in [5.74, 6) is 1.16. The summed E-state index contributed by atoms with van der Waals surface area (Å²) < 4.78 is 15.4. The van der Waals surface area contributed by atoms with Crippen LogP contribution in [0.15, 0.2) is 91.3 Å². The second-order valence-corrected chi connectivity index (χ2v) is 9.31. The Labute approximate surface area is 208 Å². The number of hydrogen-bond donors (Lipinski definition) is 1. The van der Waals surface area contributed by atoms with Crippen molar-refractivity contribution in [2.75, 3.05) is 5.32 Å². The molecule has 6 heteroatoms. The Morgan fingerprint density at radius 2 is 1.69 bits per heavy atom. The van der Waals surface area contributed by atoms with Gasteiger partial charge in [-0.15, -0.1) is 0 Å². The van der Waals surface area contributed by atoms with Gasteiger partial charge in [-0.25, -0.2) is 14.4 Å². The van der Waals surface area contributed by atoms with Crippen LogP contribution in [-0.2, 0) is 6.54 Å². The van der Waals surface area contributed by atoms with Crippen molar-refractivity contribution in [1.29, 1.82) is 0 Å². The van der Waals surface area contributed by atoms with Crippen LogP contribution in [0.5, 0.6) is 0 Å². The van der Waals surface area contributed by atoms with Gasteiger partial charge >= 0.3 is 0 Å². The van der Waals surface area contributed by atoms with Crippen LogP contribution in [0.1, 0.15) is 35.2 Å². The maximum absolute atomic E-state index is 13.3. The number of carbonyl (C=O) groups excluding carboxylic acids is 1. The van der Waals surface area contributed by atoms with Gasteiger partial charge in [0.25, 0.3) is 0 Å². The highest BCUT2D eigenvalue weighted by Gasteiger charge is 2.25. The Morgan fingerprint density at radius 1 is 0.944 bits per heavy atom.